The van der Waals surface area contributed by atoms with Gasteiger partial charge >= 0.3 is 5.76 Å². The Hall–Kier alpha value is -1.54. The molecule has 1 aliphatic heterocycles. The molecule has 23 heavy (non-hydrogen) atoms. The van der Waals surface area contributed by atoms with E-state index in [2.05, 4.69) is 17.6 Å². The molecule has 0 aliphatic carbocycles. The van der Waals surface area contributed by atoms with E-state index in [1.54, 1.807) is 0 Å². The van der Waals surface area contributed by atoms with Crippen LogP contribution in [0.3, 0.4) is 0 Å². The molecule has 5 nitrogen and oxygen atoms in total. The molecule has 1 saturated heterocycles. The maximum Gasteiger partial charge on any atom is 0.341 e. The van der Waals surface area contributed by atoms with Gasteiger partial charge in [0.15, 0.2) is 0 Å². The van der Waals surface area contributed by atoms with E-state index in [1.807, 2.05) is 0 Å². The minimum absolute atomic E-state index is 0.0646. The zero-order valence-electron chi connectivity index (χ0n) is 12.8. The average Bonchev–Trinajstić information content (AvgIpc) is 2.50. The molecule has 0 aromatic heterocycles. The topological polar surface area (TPSA) is 75.3 Å². The first-order valence-electron chi connectivity index (χ1n) is 7.42. The fourth-order valence-electron chi connectivity index (χ4n) is 2.53. The van der Waals surface area contributed by atoms with Crippen molar-refractivity contribution in [3.63, 3.8) is 0 Å². The van der Waals surface area contributed by atoms with Gasteiger partial charge in [-0.05, 0) is 36.6 Å². The number of carbonyl (C=O) groups excluding carboxylic acids is 1. The monoisotopic (exact) mass is 346 g/mol. The van der Waals surface area contributed by atoms with Crippen LogP contribution in [0.15, 0.2) is 29.2 Å². The van der Waals surface area contributed by atoms with E-state index in [1.165, 1.54) is 12.1 Å². The maximum absolute atomic E-state index is 12.4. The Kier molecular flexibility index (Phi) is 5.69. The minimum atomic E-state index is -4.59. The number of rotatable bonds is 5. The van der Waals surface area contributed by atoms with Crippen molar-refractivity contribution in [2.75, 3.05) is 13.1 Å². The molecule has 1 amide bonds. The second-order valence-corrected chi connectivity index (χ2v) is 7.69. The van der Waals surface area contributed by atoms with Gasteiger partial charge in [0.05, 0.1) is 11.3 Å². The summed E-state index contributed by atoms with van der Waals surface area (Å²) in [6, 6.07) is 5.05. The summed E-state index contributed by atoms with van der Waals surface area (Å²) < 4.78 is 47.6. The Morgan fingerprint density at radius 2 is 2.00 bits per heavy atom. The van der Waals surface area contributed by atoms with Gasteiger partial charge < -0.3 is 10.6 Å². The van der Waals surface area contributed by atoms with Crippen molar-refractivity contribution < 1.29 is 22.0 Å². The molecule has 1 fully saturated rings. The van der Waals surface area contributed by atoms with Crippen LogP contribution in [0.4, 0.5) is 8.78 Å². The number of hydrogen-bond donors (Lipinski definition) is 2. The van der Waals surface area contributed by atoms with Crippen LogP contribution in [-0.2, 0) is 21.1 Å². The number of carbonyl (C=O) groups is 1. The van der Waals surface area contributed by atoms with Crippen molar-refractivity contribution in [1.29, 1.82) is 0 Å². The molecule has 0 radical (unpaired) electrons. The van der Waals surface area contributed by atoms with Gasteiger partial charge in [-0.15, -0.1) is 0 Å². The van der Waals surface area contributed by atoms with Gasteiger partial charge in [-0.25, -0.2) is 8.42 Å². The summed E-state index contributed by atoms with van der Waals surface area (Å²) in [4.78, 5) is 11.6. The highest BCUT2D eigenvalue weighted by molar-refractivity contribution is 7.91. The molecule has 1 aliphatic rings. The quantitative estimate of drug-likeness (QED) is 0.844. The summed E-state index contributed by atoms with van der Waals surface area (Å²) in [6.45, 7) is 3.74. The van der Waals surface area contributed by atoms with Gasteiger partial charge in [0, 0.05) is 12.6 Å². The molecule has 2 N–H and O–H groups in total. The second kappa shape index (κ2) is 7.35. The number of amides is 1. The summed E-state index contributed by atoms with van der Waals surface area (Å²) in [5.74, 6) is -3.23. The lowest BCUT2D eigenvalue weighted by atomic mass is 9.94. The third-order valence-corrected chi connectivity index (χ3v) is 5.42. The number of hydrogen-bond acceptors (Lipinski definition) is 4. The van der Waals surface area contributed by atoms with Gasteiger partial charge in [0.25, 0.3) is 0 Å². The van der Waals surface area contributed by atoms with E-state index >= 15 is 0 Å². The van der Waals surface area contributed by atoms with Crippen molar-refractivity contribution in [3.05, 3.63) is 29.8 Å². The van der Waals surface area contributed by atoms with Crippen LogP contribution in [0.2, 0.25) is 0 Å². The smallest absolute Gasteiger partial charge is 0.341 e. The minimum Gasteiger partial charge on any atom is -0.352 e. The van der Waals surface area contributed by atoms with Crippen LogP contribution in [0.5, 0.6) is 0 Å². The predicted octanol–water partition coefficient (Wildman–Crippen LogP) is 1.34. The van der Waals surface area contributed by atoms with Gasteiger partial charge in [-0.1, -0.05) is 19.1 Å². The first-order valence-corrected chi connectivity index (χ1v) is 8.96. The first kappa shape index (κ1) is 17.8. The van der Waals surface area contributed by atoms with Crippen molar-refractivity contribution in [2.24, 2.45) is 5.92 Å². The summed E-state index contributed by atoms with van der Waals surface area (Å²) in [5, 5.41) is 6.16. The van der Waals surface area contributed by atoms with Crippen LogP contribution in [0, 0.1) is 5.92 Å². The lowest BCUT2D eigenvalue weighted by Gasteiger charge is -2.30. The molecule has 8 heteroatoms. The normalized spacial score (nSPS) is 22.1. The molecule has 1 heterocycles. The van der Waals surface area contributed by atoms with Gasteiger partial charge in [-0.3, -0.25) is 4.79 Å². The molecule has 128 valence electrons. The van der Waals surface area contributed by atoms with Crippen molar-refractivity contribution in [3.8, 4) is 0 Å². The number of nitrogens with one attached hydrogen (secondary N) is 2. The van der Waals surface area contributed by atoms with E-state index in [0.29, 0.717) is 11.5 Å². The molecule has 2 atom stereocenters. The molecule has 0 bridgehead atoms. The van der Waals surface area contributed by atoms with Gasteiger partial charge in [-0.2, -0.15) is 8.78 Å². The summed E-state index contributed by atoms with van der Waals surface area (Å²) in [6.07, 6.45) is 1.07. The van der Waals surface area contributed by atoms with E-state index in [9.17, 15) is 22.0 Å². The number of piperidine rings is 1. The highest BCUT2D eigenvalue weighted by atomic mass is 32.2. The van der Waals surface area contributed by atoms with E-state index in [0.717, 1.165) is 31.6 Å². The zero-order chi connectivity index (χ0) is 17.0. The fraction of sp³-hybridized carbons (Fsp3) is 0.533. The zero-order valence-corrected chi connectivity index (χ0v) is 13.6. The second-order valence-electron chi connectivity index (χ2n) is 5.77. The van der Waals surface area contributed by atoms with Crippen LogP contribution in [0.25, 0.3) is 0 Å². The Labute approximate surface area is 134 Å². The Bertz CT molecular complexity index is 647. The summed E-state index contributed by atoms with van der Waals surface area (Å²) in [5.41, 5.74) is 0.576. The SMILES string of the molecule is CC1CCNCC1NC(=O)Cc1ccc(S(=O)(=O)C(F)F)cc1. The molecular weight excluding hydrogens is 326 g/mol. The molecule has 2 unspecified atom stereocenters. The highest BCUT2D eigenvalue weighted by Gasteiger charge is 2.26. The number of benzene rings is 1. The van der Waals surface area contributed by atoms with Crippen molar-refractivity contribution >= 4 is 15.7 Å². The van der Waals surface area contributed by atoms with Crippen LogP contribution in [-0.4, -0.2) is 39.2 Å². The Balaban J connectivity index is 1.97. The van der Waals surface area contributed by atoms with Crippen molar-refractivity contribution in [1.82, 2.24) is 10.6 Å². The standard InChI is InChI=1S/C15H20F2N2O3S/c1-10-6-7-18-9-13(10)19-14(20)8-11-2-4-12(5-3-11)23(21,22)15(16)17/h2-5,10,13,15,18H,6-9H2,1H3,(H,19,20). The molecule has 1 aromatic rings. The average molecular weight is 346 g/mol. The van der Waals surface area contributed by atoms with E-state index in [-0.39, 0.29) is 18.4 Å². The lowest BCUT2D eigenvalue weighted by Crippen LogP contribution is -2.50. The molecule has 0 saturated carbocycles. The van der Waals surface area contributed by atoms with Gasteiger partial charge in [0.1, 0.15) is 0 Å². The van der Waals surface area contributed by atoms with E-state index in [4.69, 9.17) is 0 Å². The maximum atomic E-state index is 12.4. The summed E-state index contributed by atoms with van der Waals surface area (Å²) in [7, 11) is -4.59. The third kappa shape index (κ3) is 4.48. The number of halogens is 2. The third-order valence-electron chi connectivity index (χ3n) is 4.03. The lowest BCUT2D eigenvalue weighted by molar-refractivity contribution is -0.121. The molecular formula is C15H20F2N2O3S. The number of sulfone groups is 1. The number of alkyl halides is 2. The van der Waals surface area contributed by atoms with Crippen LogP contribution >= 0.6 is 0 Å². The van der Waals surface area contributed by atoms with E-state index < -0.39 is 20.5 Å². The molecule has 2 rings (SSSR count). The summed E-state index contributed by atoms with van der Waals surface area (Å²) >= 11 is 0. The Morgan fingerprint density at radius 1 is 1.35 bits per heavy atom. The van der Waals surface area contributed by atoms with Crippen molar-refractivity contribution in [2.45, 2.75) is 36.5 Å². The predicted molar refractivity (Wildman–Crippen MR) is 81.9 cm³/mol. The van der Waals surface area contributed by atoms with Gasteiger partial charge in [0.2, 0.25) is 15.7 Å². The highest BCUT2D eigenvalue weighted by Crippen LogP contribution is 2.19. The Morgan fingerprint density at radius 3 is 2.57 bits per heavy atom. The fourth-order valence-corrected chi connectivity index (χ4v) is 3.25. The first-order chi connectivity index (χ1) is 10.8. The van der Waals surface area contributed by atoms with Crippen LogP contribution < -0.4 is 10.6 Å². The largest absolute Gasteiger partial charge is 0.352 e. The molecule has 0 spiro atoms. The molecule has 1 aromatic carbocycles. The van der Waals surface area contributed by atoms with Crippen LogP contribution in [0.1, 0.15) is 18.9 Å².